The van der Waals surface area contributed by atoms with E-state index in [4.69, 9.17) is 21.1 Å². The Balaban J connectivity index is 1.88. The van der Waals surface area contributed by atoms with Crippen molar-refractivity contribution in [1.29, 1.82) is 0 Å². The molecule has 0 heterocycles. The maximum Gasteiger partial charge on any atom is 0.120 e. The average molecular weight is 348 g/mol. The lowest BCUT2D eigenvalue weighted by molar-refractivity contribution is -0.0267. The van der Waals surface area contributed by atoms with Crippen LogP contribution in [0.4, 0.5) is 0 Å². The molecule has 1 atom stereocenters. The molecule has 0 radical (unpaired) electrons. The van der Waals surface area contributed by atoms with Gasteiger partial charge in [0.1, 0.15) is 5.75 Å². The summed E-state index contributed by atoms with van der Waals surface area (Å²) in [5, 5.41) is 0.0489. The molecule has 1 aliphatic rings. The van der Waals surface area contributed by atoms with Crippen LogP contribution < -0.4 is 4.74 Å². The number of hydrogen-bond donors (Lipinski definition) is 0. The van der Waals surface area contributed by atoms with Gasteiger partial charge in [0.05, 0.1) is 18.6 Å². The van der Waals surface area contributed by atoms with Crippen molar-refractivity contribution in [2.45, 2.75) is 37.7 Å². The van der Waals surface area contributed by atoms with E-state index in [0.29, 0.717) is 12.0 Å². The summed E-state index contributed by atoms with van der Waals surface area (Å²) >= 11 is 10.1. The summed E-state index contributed by atoms with van der Waals surface area (Å²) in [5.41, 5.74) is 1.14. The zero-order valence-electron chi connectivity index (χ0n) is 11.4. The highest BCUT2D eigenvalue weighted by atomic mass is 79.9. The van der Waals surface area contributed by atoms with E-state index in [1.807, 2.05) is 25.1 Å². The van der Waals surface area contributed by atoms with Crippen LogP contribution in [-0.4, -0.2) is 19.8 Å². The van der Waals surface area contributed by atoms with E-state index in [0.717, 1.165) is 41.7 Å². The van der Waals surface area contributed by atoms with E-state index in [1.165, 1.54) is 0 Å². The topological polar surface area (TPSA) is 18.5 Å². The van der Waals surface area contributed by atoms with Crippen molar-refractivity contribution in [2.24, 2.45) is 5.92 Å². The van der Waals surface area contributed by atoms with Gasteiger partial charge >= 0.3 is 0 Å². The summed E-state index contributed by atoms with van der Waals surface area (Å²) in [6, 6.07) is 5.97. The highest BCUT2D eigenvalue weighted by Crippen LogP contribution is 2.41. The Morgan fingerprint density at radius 2 is 2.16 bits per heavy atom. The number of ether oxygens (including phenoxy) is 2. The zero-order valence-corrected chi connectivity index (χ0v) is 13.7. The minimum atomic E-state index is 0.0489. The van der Waals surface area contributed by atoms with Crippen molar-refractivity contribution in [3.8, 4) is 5.75 Å². The number of rotatable bonds is 6. The summed E-state index contributed by atoms with van der Waals surface area (Å²) < 4.78 is 11.8. The predicted octanol–water partition coefficient (Wildman–Crippen LogP) is 4.94. The van der Waals surface area contributed by atoms with Gasteiger partial charge in [-0.3, -0.25) is 0 Å². The van der Waals surface area contributed by atoms with Crippen LogP contribution in [0.25, 0.3) is 0 Å². The second kappa shape index (κ2) is 6.96. The van der Waals surface area contributed by atoms with Crippen molar-refractivity contribution < 1.29 is 9.47 Å². The first-order valence-corrected chi connectivity index (χ1v) is 7.96. The average Bonchev–Trinajstić information content (AvgIpc) is 2.35. The molecule has 19 heavy (non-hydrogen) atoms. The molecule has 1 fully saturated rings. The van der Waals surface area contributed by atoms with Crippen LogP contribution in [0.1, 0.15) is 37.1 Å². The molecule has 0 bridgehead atoms. The van der Waals surface area contributed by atoms with E-state index in [-0.39, 0.29) is 5.38 Å². The molecule has 106 valence electrons. The van der Waals surface area contributed by atoms with Gasteiger partial charge in [-0.2, -0.15) is 0 Å². The minimum absolute atomic E-state index is 0.0489. The predicted molar refractivity (Wildman–Crippen MR) is 82.0 cm³/mol. The van der Waals surface area contributed by atoms with Crippen molar-refractivity contribution in [1.82, 2.24) is 0 Å². The van der Waals surface area contributed by atoms with Gasteiger partial charge in [-0.1, -0.05) is 22.0 Å². The van der Waals surface area contributed by atoms with E-state index < -0.39 is 0 Å². The minimum Gasteiger partial charge on any atom is -0.497 e. The highest BCUT2D eigenvalue weighted by Gasteiger charge is 2.31. The van der Waals surface area contributed by atoms with Gasteiger partial charge < -0.3 is 9.47 Å². The van der Waals surface area contributed by atoms with Gasteiger partial charge in [0.15, 0.2) is 0 Å². The van der Waals surface area contributed by atoms with Crippen molar-refractivity contribution in [2.75, 3.05) is 13.7 Å². The first-order valence-electron chi connectivity index (χ1n) is 6.73. The normalized spacial score (nSPS) is 23.8. The summed E-state index contributed by atoms with van der Waals surface area (Å²) in [7, 11) is 1.67. The Morgan fingerprint density at radius 3 is 2.74 bits per heavy atom. The lowest BCUT2D eigenvalue weighted by atomic mass is 9.78. The number of halogens is 2. The van der Waals surface area contributed by atoms with Crippen LogP contribution in [0, 0.1) is 5.92 Å². The molecule has 1 unspecified atom stereocenters. The van der Waals surface area contributed by atoms with E-state index >= 15 is 0 Å². The lowest BCUT2D eigenvalue weighted by Crippen LogP contribution is -2.31. The molecule has 0 aromatic heterocycles. The number of hydrogen-bond acceptors (Lipinski definition) is 2. The van der Waals surface area contributed by atoms with Crippen LogP contribution in [0.15, 0.2) is 22.7 Å². The molecule has 1 aliphatic carbocycles. The number of benzene rings is 1. The molecule has 0 N–H and O–H groups in total. The molecule has 1 saturated carbocycles. The SMILES string of the molecule is CCOC1CC(CC(Cl)c2ccc(OC)cc2Br)C1. The third-order valence-corrected chi connectivity index (χ3v) is 4.78. The van der Waals surface area contributed by atoms with Crippen LogP contribution in [0.3, 0.4) is 0 Å². The molecule has 0 saturated heterocycles. The van der Waals surface area contributed by atoms with Gasteiger partial charge in [-0.15, -0.1) is 11.6 Å². The number of alkyl halides is 1. The molecule has 0 aliphatic heterocycles. The first kappa shape index (κ1) is 15.1. The third kappa shape index (κ3) is 3.87. The lowest BCUT2D eigenvalue weighted by Gasteiger charge is -2.36. The van der Waals surface area contributed by atoms with Crippen molar-refractivity contribution >= 4 is 27.5 Å². The maximum atomic E-state index is 6.53. The molecule has 2 nitrogen and oxygen atoms in total. The van der Waals surface area contributed by atoms with Gasteiger partial charge in [0, 0.05) is 11.1 Å². The van der Waals surface area contributed by atoms with Gasteiger partial charge in [0.2, 0.25) is 0 Å². The molecule has 2 rings (SSSR count). The third-order valence-electron chi connectivity index (χ3n) is 3.68. The monoisotopic (exact) mass is 346 g/mol. The van der Waals surface area contributed by atoms with E-state index in [2.05, 4.69) is 15.9 Å². The molecular weight excluding hydrogens is 328 g/mol. The molecule has 0 amide bonds. The Labute approximate surface area is 128 Å². The molecule has 4 heteroatoms. The Kier molecular flexibility index (Phi) is 5.55. The van der Waals surface area contributed by atoms with Gasteiger partial charge in [0.25, 0.3) is 0 Å². The second-order valence-corrected chi connectivity index (χ2v) is 6.39. The Hall–Kier alpha value is -0.250. The summed E-state index contributed by atoms with van der Waals surface area (Å²) in [4.78, 5) is 0. The summed E-state index contributed by atoms with van der Waals surface area (Å²) in [6.07, 6.45) is 3.75. The zero-order chi connectivity index (χ0) is 13.8. The highest BCUT2D eigenvalue weighted by molar-refractivity contribution is 9.10. The fourth-order valence-corrected chi connectivity index (χ4v) is 3.76. The first-order chi connectivity index (χ1) is 9.13. The van der Waals surface area contributed by atoms with E-state index in [1.54, 1.807) is 7.11 Å². The summed E-state index contributed by atoms with van der Waals surface area (Å²) in [5.74, 6) is 1.53. The van der Waals surface area contributed by atoms with Crippen LogP contribution in [0.5, 0.6) is 5.75 Å². The van der Waals surface area contributed by atoms with Gasteiger partial charge in [-0.25, -0.2) is 0 Å². The molecule has 0 spiro atoms. The second-order valence-electron chi connectivity index (χ2n) is 5.01. The van der Waals surface area contributed by atoms with Crippen molar-refractivity contribution in [3.63, 3.8) is 0 Å². The van der Waals surface area contributed by atoms with E-state index in [9.17, 15) is 0 Å². The largest absolute Gasteiger partial charge is 0.497 e. The maximum absolute atomic E-state index is 6.53. The molecule has 1 aromatic carbocycles. The number of methoxy groups -OCH3 is 1. The standard InChI is InChI=1S/C15H20BrClO2/c1-3-19-12-6-10(7-12)8-15(17)13-5-4-11(18-2)9-14(13)16/h4-5,9-10,12,15H,3,6-8H2,1-2H3. The fourth-order valence-electron chi connectivity index (χ4n) is 2.55. The Bertz CT molecular complexity index is 419. The van der Waals surface area contributed by atoms with Crippen molar-refractivity contribution in [3.05, 3.63) is 28.2 Å². The van der Waals surface area contributed by atoms with Crippen LogP contribution in [-0.2, 0) is 4.74 Å². The molecular formula is C15H20BrClO2. The smallest absolute Gasteiger partial charge is 0.120 e. The quantitative estimate of drug-likeness (QED) is 0.678. The Morgan fingerprint density at radius 1 is 1.42 bits per heavy atom. The van der Waals surface area contributed by atoms with Crippen LogP contribution in [0.2, 0.25) is 0 Å². The van der Waals surface area contributed by atoms with Crippen LogP contribution >= 0.6 is 27.5 Å². The summed E-state index contributed by atoms with van der Waals surface area (Å²) in [6.45, 7) is 2.86. The fraction of sp³-hybridized carbons (Fsp3) is 0.600. The molecule has 1 aromatic rings. The van der Waals surface area contributed by atoms with Gasteiger partial charge in [-0.05, 0) is 49.8 Å².